The third-order valence-electron chi connectivity index (χ3n) is 3.25. The van der Waals surface area contributed by atoms with E-state index >= 15 is 0 Å². The van der Waals surface area contributed by atoms with Crippen LogP contribution >= 0.6 is 11.6 Å². The van der Waals surface area contributed by atoms with Gasteiger partial charge in [-0.2, -0.15) is 0 Å². The van der Waals surface area contributed by atoms with Crippen LogP contribution in [0.1, 0.15) is 10.5 Å². The Balaban J connectivity index is 1.70. The molecule has 1 saturated heterocycles. The summed E-state index contributed by atoms with van der Waals surface area (Å²) in [5, 5.41) is 4.10. The SMILES string of the molecule is O=C(NC[C@H]1COCCO1)c1[nH]c2ccccc2c1Cl. The minimum atomic E-state index is -0.236. The number of fused-ring (bicyclic) bond motifs is 1. The number of amides is 1. The molecule has 5 nitrogen and oxygen atoms in total. The summed E-state index contributed by atoms with van der Waals surface area (Å²) in [7, 11) is 0. The van der Waals surface area contributed by atoms with Crippen molar-refractivity contribution in [1.29, 1.82) is 0 Å². The first-order chi connectivity index (χ1) is 9.75. The van der Waals surface area contributed by atoms with E-state index in [1.807, 2.05) is 24.3 Å². The molecule has 3 rings (SSSR count). The maximum Gasteiger partial charge on any atom is 0.269 e. The molecule has 2 aromatic rings. The van der Waals surface area contributed by atoms with Gasteiger partial charge >= 0.3 is 0 Å². The molecule has 1 amide bonds. The molecule has 0 spiro atoms. The van der Waals surface area contributed by atoms with Gasteiger partial charge in [0.2, 0.25) is 0 Å². The highest BCUT2D eigenvalue weighted by Crippen LogP contribution is 2.26. The van der Waals surface area contributed by atoms with E-state index in [1.54, 1.807) is 0 Å². The molecule has 0 radical (unpaired) electrons. The number of hydrogen-bond acceptors (Lipinski definition) is 3. The minimum absolute atomic E-state index is 0.101. The summed E-state index contributed by atoms with van der Waals surface area (Å²) in [6.07, 6.45) is -0.101. The Morgan fingerprint density at radius 1 is 1.40 bits per heavy atom. The Morgan fingerprint density at radius 3 is 3.00 bits per heavy atom. The van der Waals surface area contributed by atoms with Gasteiger partial charge < -0.3 is 19.8 Å². The minimum Gasteiger partial charge on any atom is -0.376 e. The van der Waals surface area contributed by atoms with Crippen molar-refractivity contribution in [2.45, 2.75) is 6.10 Å². The fraction of sp³-hybridized carbons (Fsp3) is 0.357. The number of H-pyrrole nitrogens is 1. The smallest absolute Gasteiger partial charge is 0.269 e. The third kappa shape index (κ3) is 2.65. The van der Waals surface area contributed by atoms with Crippen molar-refractivity contribution in [3.8, 4) is 0 Å². The summed E-state index contributed by atoms with van der Waals surface area (Å²) in [4.78, 5) is 15.2. The molecule has 0 aliphatic carbocycles. The Labute approximate surface area is 121 Å². The summed E-state index contributed by atoms with van der Waals surface area (Å²) in [5.41, 5.74) is 1.23. The van der Waals surface area contributed by atoms with Crippen LogP contribution < -0.4 is 5.32 Å². The monoisotopic (exact) mass is 294 g/mol. The number of ether oxygens (including phenoxy) is 2. The molecule has 0 unspecified atom stereocenters. The molecule has 2 N–H and O–H groups in total. The summed E-state index contributed by atoms with van der Waals surface area (Å²) in [6.45, 7) is 2.08. The van der Waals surface area contributed by atoms with Crippen molar-refractivity contribution in [2.24, 2.45) is 0 Å². The Kier molecular flexibility index (Phi) is 3.91. The number of carbonyl (C=O) groups is 1. The van der Waals surface area contributed by atoms with E-state index in [1.165, 1.54) is 0 Å². The number of halogens is 1. The fourth-order valence-electron chi connectivity index (χ4n) is 2.21. The number of aromatic nitrogens is 1. The van der Waals surface area contributed by atoms with Crippen LogP contribution in [0.5, 0.6) is 0 Å². The average Bonchev–Trinajstić information content (AvgIpc) is 2.84. The first-order valence-corrected chi connectivity index (χ1v) is 6.87. The average molecular weight is 295 g/mol. The van der Waals surface area contributed by atoms with E-state index in [0.717, 1.165) is 10.9 Å². The van der Waals surface area contributed by atoms with Gasteiger partial charge in [0.1, 0.15) is 5.69 Å². The largest absolute Gasteiger partial charge is 0.376 e. The van der Waals surface area contributed by atoms with Crippen molar-refractivity contribution in [2.75, 3.05) is 26.4 Å². The van der Waals surface area contributed by atoms with Crippen molar-refractivity contribution in [3.05, 3.63) is 35.0 Å². The van der Waals surface area contributed by atoms with Crippen LogP contribution in [0.3, 0.4) is 0 Å². The molecule has 2 heterocycles. The van der Waals surface area contributed by atoms with Gasteiger partial charge in [-0.25, -0.2) is 0 Å². The maximum atomic E-state index is 12.2. The van der Waals surface area contributed by atoms with Gasteiger partial charge in [-0.3, -0.25) is 4.79 Å². The molecule has 1 aliphatic heterocycles. The van der Waals surface area contributed by atoms with E-state index in [2.05, 4.69) is 10.3 Å². The second-order valence-corrected chi connectivity index (χ2v) is 5.02. The lowest BCUT2D eigenvalue weighted by Crippen LogP contribution is -2.39. The van der Waals surface area contributed by atoms with Crippen LogP contribution in [0.25, 0.3) is 10.9 Å². The Morgan fingerprint density at radius 2 is 2.25 bits per heavy atom. The number of para-hydroxylation sites is 1. The number of nitrogens with one attached hydrogen (secondary N) is 2. The predicted molar refractivity (Wildman–Crippen MR) is 76.2 cm³/mol. The van der Waals surface area contributed by atoms with Gasteiger partial charge in [0.05, 0.1) is 30.9 Å². The van der Waals surface area contributed by atoms with Crippen LogP contribution in [0.4, 0.5) is 0 Å². The summed E-state index contributed by atoms with van der Waals surface area (Å²) >= 11 is 6.23. The van der Waals surface area contributed by atoms with Gasteiger partial charge in [-0.1, -0.05) is 29.8 Å². The second kappa shape index (κ2) is 5.83. The summed E-state index contributed by atoms with van der Waals surface area (Å²) in [6, 6.07) is 7.54. The zero-order valence-corrected chi connectivity index (χ0v) is 11.6. The van der Waals surface area contributed by atoms with Crippen LogP contribution in [-0.2, 0) is 9.47 Å². The lowest BCUT2D eigenvalue weighted by Gasteiger charge is -2.22. The number of rotatable bonds is 3. The molecular weight excluding hydrogens is 280 g/mol. The van der Waals surface area contributed by atoms with Gasteiger partial charge in [0, 0.05) is 17.4 Å². The first kappa shape index (κ1) is 13.4. The van der Waals surface area contributed by atoms with Crippen molar-refractivity contribution in [3.63, 3.8) is 0 Å². The van der Waals surface area contributed by atoms with Gasteiger partial charge in [0.25, 0.3) is 5.91 Å². The van der Waals surface area contributed by atoms with E-state index in [0.29, 0.717) is 37.1 Å². The van der Waals surface area contributed by atoms with Crippen LogP contribution in [0.2, 0.25) is 5.02 Å². The van der Waals surface area contributed by atoms with Crippen molar-refractivity contribution in [1.82, 2.24) is 10.3 Å². The zero-order valence-electron chi connectivity index (χ0n) is 10.8. The van der Waals surface area contributed by atoms with Crippen LogP contribution in [-0.4, -0.2) is 43.4 Å². The molecule has 1 aliphatic rings. The normalized spacial score (nSPS) is 19.1. The molecule has 1 fully saturated rings. The van der Waals surface area contributed by atoms with Gasteiger partial charge in [-0.05, 0) is 6.07 Å². The summed E-state index contributed by atoms with van der Waals surface area (Å²) < 4.78 is 10.8. The van der Waals surface area contributed by atoms with E-state index in [-0.39, 0.29) is 12.0 Å². The van der Waals surface area contributed by atoms with E-state index in [4.69, 9.17) is 21.1 Å². The number of carbonyl (C=O) groups excluding carboxylic acids is 1. The highest BCUT2D eigenvalue weighted by molar-refractivity contribution is 6.38. The zero-order chi connectivity index (χ0) is 13.9. The maximum absolute atomic E-state index is 12.2. The molecule has 20 heavy (non-hydrogen) atoms. The molecule has 106 valence electrons. The quantitative estimate of drug-likeness (QED) is 0.910. The Hall–Kier alpha value is -1.56. The fourth-order valence-corrected chi connectivity index (χ4v) is 2.51. The highest BCUT2D eigenvalue weighted by Gasteiger charge is 2.19. The molecule has 0 saturated carbocycles. The first-order valence-electron chi connectivity index (χ1n) is 6.49. The molecule has 1 aromatic heterocycles. The number of aromatic amines is 1. The number of benzene rings is 1. The predicted octanol–water partition coefficient (Wildman–Crippen LogP) is 1.97. The molecular formula is C14H15ClN2O3. The second-order valence-electron chi connectivity index (χ2n) is 4.64. The van der Waals surface area contributed by atoms with Crippen molar-refractivity contribution < 1.29 is 14.3 Å². The van der Waals surface area contributed by atoms with Gasteiger partial charge in [-0.15, -0.1) is 0 Å². The molecule has 0 bridgehead atoms. The third-order valence-corrected chi connectivity index (χ3v) is 3.64. The molecule has 1 atom stereocenters. The summed E-state index contributed by atoms with van der Waals surface area (Å²) in [5.74, 6) is -0.236. The lowest BCUT2D eigenvalue weighted by atomic mass is 10.2. The standard InChI is InChI=1S/C14H15ClN2O3/c15-12-10-3-1-2-4-11(10)17-13(12)14(18)16-7-9-8-19-5-6-20-9/h1-4,9,17H,5-8H2,(H,16,18)/t9-/m0/s1. The Bertz CT molecular complexity index is 620. The van der Waals surface area contributed by atoms with E-state index < -0.39 is 0 Å². The number of hydrogen-bond donors (Lipinski definition) is 2. The molecule has 6 heteroatoms. The van der Waals surface area contributed by atoms with E-state index in [9.17, 15) is 4.79 Å². The van der Waals surface area contributed by atoms with Crippen molar-refractivity contribution >= 4 is 28.4 Å². The molecule has 1 aromatic carbocycles. The van der Waals surface area contributed by atoms with Crippen LogP contribution in [0, 0.1) is 0 Å². The van der Waals surface area contributed by atoms with Gasteiger partial charge in [0.15, 0.2) is 0 Å². The highest BCUT2D eigenvalue weighted by atomic mass is 35.5. The lowest BCUT2D eigenvalue weighted by molar-refractivity contribution is -0.0855. The van der Waals surface area contributed by atoms with Crippen LogP contribution in [0.15, 0.2) is 24.3 Å². The topological polar surface area (TPSA) is 63.4 Å².